The third-order valence-electron chi connectivity index (χ3n) is 6.68. The fourth-order valence-corrected chi connectivity index (χ4v) is 4.14. The lowest BCUT2D eigenvalue weighted by molar-refractivity contribution is -0.0712. The molecule has 1 unspecified atom stereocenters. The summed E-state index contributed by atoms with van der Waals surface area (Å²) in [5.41, 5.74) is 4.53. The van der Waals surface area contributed by atoms with Crippen LogP contribution < -0.4 is 10.1 Å². The van der Waals surface area contributed by atoms with Gasteiger partial charge in [-0.2, -0.15) is 0 Å². The van der Waals surface area contributed by atoms with Gasteiger partial charge in [-0.15, -0.1) is 0 Å². The van der Waals surface area contributed by atoms with E-state index < -0.39 is 0 Å². The van der Waals surface area contributed by atoms with Crippen LogP contribution in [-0.2, 0) is 4.74 Å². The van der Waals surface area contributed by atoms with Crippen molar-refractivity contribution in [1.82, 2.24) is 9.88 Å². The van der Waals surface area contributed by atoms with Crippen LogP contribution in [0.5, 0.6) is 5.88 Å². The number of likely N-dealkylation sites (tertiary alicyclic amines) is 1. The first-order chi connectivity index (χ1) is 14.5. The second-order valence-electron chi connectivity index (χ2n) is 9.02. The Bertz CT molecular complexity index is 825. The summed E-state index contributed by atoms with van der Waals surface area (Å²) in [4.78, 5) is 7.38. The predicted octanol–water partition coefficient (Wildman–Crippen LogP) is 4.79. The SMILES string of the molecule is CNc1cc(OC(C)C(C)C)nc(-c2ccc(C3CCN(C4COC4)CC3)cc2)c1. The maximum atomic E-state index is 6.08. The highest BCUT2D eigenvalue weighted by atomic mass is 16.5. The molecule has 1 N–H and O–H groups in total. The van der Waals surface area contributed by atoms with Crippen molar-refractivity contribution in [2.45, 2.75) is 51.7 Å². The molecule has 2 aromatic rings. The molecule has 4 rings (SSSR count). The van der Waals surface area contributed by atoms with Gasteiger partial charge < -0.3 is 14.8 Å². The summed E-state index contributed by atoms with van der Waals surface area (Å²) < 4.78 is 11.4. The van der Waals surface area contributed by atoms with E-state index in [1.807, 2.05) is 13.1 Å². The fourth-order valence-electron chi connectivity index (χ4n) is 4.14. The van der Waals surface area contributed by atoms with Gasteiger partial charge in [-0.1, -0.05) is 38.1 Å². The molecule has 0 radical (unpaired) electrons. The second kappa shape index (κ2) is 9.36. The quantitative estimate of drug-likeness (QED) is 0.712. The van der Waals surface area contributed by atoms with Gasteiger partial charge >= 0.3 is 0 Å². The Morgan fingerprint density at radius 1 is 1.07 bits per heavy atom. The Hall–Kier alpha value is -2.11. The van der Waals surface area contributed by atoms with Gasteiger partial charge in [-0.3, -0.25) is 4.90 Å². The summed E-state index contributed by atoms with van der Waals surface area (Å²) in [6.07, 6.45) is 2.58. The summed E-state index contributed by atoms with van der Waals surface area (Å²) in [5, 5.41) is 3.23. The molecular formula is C25H35N3O2. The number of hydrogen-bond donors (Lipinski definition) is 1. The average Bonchev–Trinajstić information content (AvgIpc) is 2.73. The first kappa shape index (κ1) is 21.1. The normalized spacial score (nSPS) is 19.5. The minimum atomic E-state index is 0.122. The van der Waals surface area contributed by atoms with Crippen molar-refractivity contribution in [3.63, 3.8) is 0 Å². The maximum absolute atomic E-state index is 6.08. The van der Waals surface area contributed by atoms with Crippen LogP contribution in [0.2, 0.25) is 0 Å². The highest BCUT2D eigenvalue weighted by molar-refractivity contribution is 5.65. The van der Waals surface area contributed by atoms with Crippen LogP contribution in [0.15, 0.2) is 36.4 Å². The van der Waals surface area contributed by atoms with Crippen molar-refractivity contribution < 1.29 is 9.47 Å². The van der Waals surface area contributed by atoms with Gasteiger partial charge in [0.1, 0.15) is 0 Å². The maximum Gasteiger partial charge on any atom is 0.216 e. The summed E-state index contributed by atoms with van der Waals surface area (Å²) >= 11 is 0. The highest BCUT2D eigenvalue weighted by Gasteiger charge is 2.30. The van der Waals surface area contributed by atoms with Gasteiger partial charge in [0.25, 0.3) is 0 Å². The molecule has 3 heterocycles. The largest absolute Gasteiger partial charge is 0.474 e. The average molecular weight is 410 g/mol. The molecule has 0 aliphatic carbocycles. The van der Waals surface area contributed by atoms with Gasteiger partial charge in [0.15, 0.2) is 0 Å². The molecule has 1 atom stereocenters. The molecule has 5 nitrogen and oxygen atoms in total. The molecule has 1 aromatic carbocycles. The molecule has 0 bridgehead atoms. The number of rotatable bonds is 7. The number of pyridine rings is 1. The molecule has 1 aromatic heterocycles. The first-order valence-electron chi connectivity index (χ1n) is 11.3. The molecule has 2 aliphatic heterocycles. The molecule has 0 spiro atoms. The van der Waals surface area contributed by atoms with Crippen LogP contribution in [0.1, 0.15) is 45.1 Å². The second-order valence-corrected chi connectivity index (χ2v) is 9.02. The highest BCUT2D eigenvalue weighted by Crippen LogP contribution is 2.32. The summed E-state index contributed by atoms with van der Waals surface area (Å²) in [6.45, 7) is 10.6. The van der Waals surface area contributed by atoms with E-state index in [9.17, 15) is 0 Å². The van der Waals surface area contributed by atoms with Crippen LogP contribution in [0.4, 0.5) is 5.69 Å². The number of benzene rings is 1. The standard InChI is InChI=1S/C25H35N3O2/c1-17(2)18(3)30-25-14-22(26-4)13-24(27-25)21-7-5-19(6-8-21)20-9-11-28(12-10-20)23-15-29-16-23/h5-8,13-14,17-18,20,23H,9-12,15-16H2,1-4H3,(H,26,27). The minimum Gasteiger partial charge on any atom is -0.474 e. The summed E-state index contributed by atoms with van der Waals surface area (Å²) in [7, 11) is 1.93. The van der Waals surface area contributed by atoms with E-state index >= 15 is 0 Å². The van der Waals surface area contributed by atoms with E-state index in [1.54, 1.807) is 0 Å². The van der Waals surface area contributed by atoms with Crippen LogP contribution in [0.25, 0.3) is 11.3 Å². The van der Waals surface area contributed by atoms with Crippen LogP contribution >= 0.6 is 0 Å². The predicted molar refractivity (Wildman–Crippen MR) is 122 cm³/mol. The Kier molecular flexibility index (Phi) is 6.59. The molecule has 5 heteroatoms. The third kappa shape index (κ3) is 4.79. The number of nitrogens with one attached hydrogen (secondary N) is 1. The van der Waals surface area contributed by atoms with Crippen molar-refractivity contribution in [2.75, 3.05) is 38.7 Å². The van der Waals surface area contributed by atoms with Gasteiger partial charge in [-0.05, 0) is 56.3 Å². The first-order valence-corrected chi connectivity index (χ1v) is 11.3. The van der Waals surface area contributed by atoms with Crippen molar-refractivity contribution in [3.05, 3.63) is 42.0 Å². The zero-order chi connectivity index (χ0) is 21.1. The van der Waals surface area contributed by atoms with Crippen LogP contribution in [0, 0.1) is 5.92 Å². The molecule has 2 aliphatic rings. The van der Waals surface area contributed by atoms with Gasteiger partial charge in [-0.25, -0.2) is 4.98 Å². The Labute approximate surface area is 180 Å². The lowest BCUT2D eigenvalue weighted by atomic mass is 9.88. The van der Waals surface area contributed by atoms with Crippen molar-refractivity contribution in [2.24, 2.45) is 5.92 Å². The molecule has 2 saturated heterocycles. The number of aromatic nitrogens is 1. The lowest BCUT2D eigenvalue weighted by Crippen LogP contribution is -2.51. The van der Waals surface area contributed by atoms with Gasteiger partial charge in [0.05, 0.1) is 31.1 Å². The fraction of sp³-hybridized carbons (Fsp3) is 0.560. The third-order valence-corrected chi connectivity index (χ3v) is 6.68. The Morgan fingerprint density at radius 2 is 1.77 bits per heavy atom. The monoisotopic (exact) mass is 409 g/mol. The zero-order valence-corrected chi connectivity index (χ0v) is 18.7. The van der Waals surface area contributed by atoms with E-state index in [1.165, 1.54) is 31.5 Å². The minimum absolute atomic E-state index is 0.122. The molecule has 0 saturated carbocycles. The molecule has 2 fully saturated rings. The lowest BCUT2D eigenvalue weighted by Gasteiger charge is -2.41. The van der Waals surface area contributed by atoms with E-state index in [2.05, 4.69) is 61.3 Å². The van der Waals surface area contributed by atoms with E-state index in [-0.39, 0.29) is 6.10 Å². The molecule has 0 amide bonds. The van der Waals surface area contributed by atoms with E-state index in [4.69, 9.17) is 14.5 Å². The molecule has 162 valence electrons. The van der Waals surface area contributed by atoms with Crippen molar-refractivity contribution in [3.8, 4) is 17.1 Å². The van der Waals surface area contributed by atoms with Crippen LogP contribution in [-0.4, -0.2) is 55.4 Å². The Balaban J connectivity index is 1.45. The molecular weight excluding hydrogens is 374 g/mol. The number of piperidine rings is 1. The van der Waals surface area contributed by atoms with E-state index in [0.717, 1.165) is 30.2 Å². The number of anilines is 1. The smallest absolute Gasteiger partial charge is 0.216 e. The number of ether oxygens (including phenoxy) is 2. The van der Waals surface area contributed by atoms with Crippen molar-refractivity contribution >= 4 is 5.69 Å². The van der Waals surface area contributed by atoms with Gasteiger partial charge in [0.2, 0.25) is 5.88 Å². The van der Waals surface area contributed by atoms with Gasteiger partial charge in [0, 0.05) is 24.4 Å². The summed E-state index contributed by atoms with van der Waals surface area (Å²) in [5.74, 6) is 1.77. The van der Waals surface area contributed by atoms with Crippen molar-refractivity contribution in [1.29, 1.82) is 0 Å². The summed E-state index contributed by atoms with van der Waals surface area (Å²) in [6, 6.07) is 13.7. The molecule has 30 heavy (non-hydrogen) atoms. The van der Waals surface area contributed by atoms with Crippen LogP contribution in [0.3, 0.4) is 0 Å². The number of nitrogens with zero attached hydrogens (tertiary/aromatic N) is 2. The Morgan fingerprint density at radius 3 is 2.33 bits per heavy atom. The van der Waals surface area contributed by atoms with E-state index in [0.29, 0.717) is 23.8 Å². The zero-order valence-electron chi connectivity index (χ0n) is 18.7. The topological polar surface area (TPSA) is 46.6 Å². The number of hydrogen-bond acceptors (Lipinski definition) is 5.